The Kier molecular flexibility index (Phi) is 9.25. The quantitative estimate of drug-likeness (QED) is 0.639. The summed E-state index contributed by atoms with van der Waals surface area (Å²) >= 11 is 12.8. The number of alkyl halides is 2. The largest absolute Gasteiger partial charge is 0.340 e. The van der Waals surface area contributed by atoms with Crippen LogP contribution >= 0.6 is 35.0 Å². The number of carbonyl (C=O) groups is 1. The highest BCUT2D eigenvalue weighted by Gasteiger charge is 2.10. The second kappa shape index (κ2) is 8.97. The first kappa shape index (κ1) is 13.4. The first-order chi connectivity index (χ1) is 6.26. The lowest BCUT2D eigenvalue weighted by Gasteiger charge is -2.20. The summed E-state index contributed by atoms with van der Waals surface area (Å²) in [4.78, 5) is 13.2. The van der Waals surface area contributed by atoms with Crippen LogP contribution in [-0.2, 0) is 4.79 Å². The monoisotopic (exact) mass is 243 g/mol. The molecule has 0 N–H and O–H groups in total. The molecule has 0 unspecified atom stereocenters. The van der Waals surface area contributed by atoms with Gasteiger partial charge in [-0.05, 0) is 6.26 Å². The first-order valence-corrected chi connectivity index (χ1v) is 6.61. The highest BCUT2D eigenvalue weighted by atomic mass is 35.5. The molecule has 0 rings (SSSR count). The molecule has 0 fully saturated rings. The molecule has 0 aliphatic carbocycles. The molecule has 13 heavy (non-hydrogen) atoms. The molecule has 0 atom stereocenters. The van der Waals surface area contributed by atoms with Gasteiger partial charge in [0.15, 0.2) is 0 Å². The maximum atomic E-state index is 11.5. The Morgan fingerprint density at radius 2 is 1.85 bits per heavy atom. The average Bonchev–Trinajstić information content (AvgIpc) is 2.14. The summed E-state index contributed by atoms with van der Waals surface area (Å²) in [5.41, 5.74) is 0. The van der Waals surface area contributed by atoms with E-state index in [-0.39, 0.29) is 5.91 Å². The highest BCUT2D eigenvalue weighted by molar-refractivity contribution is 7.98. The molecule has 0 bridgehead atoms. The van der Waals surface area contributed by atoms with Crippen LogP contribution in [0.3, 0.4) is 0 Å². The molecule has 0 radical (unpaired) electrons. The molecule has 0 spiro atoms. The van der Waals surface area contributed by atoms with E-state index in [4.69, 9.17) is 23.2 Å². The van der Waals surface area contributed by atoms with Gasteiger partial charge in [-0.15, -0.1) is 23.2 Å². The van der Waals surface area contributed by atoms with Gasteiger partial charge in [0.1, 0.15) is 0 Å². The normalized spacial score (nSPS) is 10.1. The molecule has 0 aromatic rings. The number of hydrogen-bond acceptors (Lipinski definition) is 2. The lowest BCUT2D eigenvalue weighted by Crippen LogP contribution is -2.34. The second-order valence-corrected chi connectivity index (χ2v) is 4.24. The third-order valence-electron chi connectivity index (χ3n) is 1.58. The van der Waals surface area contributed by atoms with Crippen molar-refractivity contribution in [2.24, 2.45) is 0 Å². The van der Waals surface area contributed by atoms with Gasteiger partial charge in [-0.2, -0.15) is 11.8 Å². The van der Waals surface area contributed by atoms with Crippen LogP contribution in [0.25, 0.3) is 0 Å². The van der Waals surface area contributed by atoms with Crippen LogP contribution in [0.5, 0.6) is 0 Å². The number of amides is 1. The summed E-state index contributed by atoms with van der Waals surface area (Å²) in [7, 11) is 0. The molecule has 0 aliphatic rings. The molecule has 0 aromatic heterocycles. The zero-order valence-corrected chi connectivity index (χ0v) is 10.1. The summed E-state index contributed by atoms with van der Waals surface area (Å²) < 4.78 is 0. The van der Waals surface area contributed by atoms with Crippen LogP contribution < -0.4 is 0 Å². The van der Waals surface area contributed by atoms with Gasteiger partial charge < -0.3 is 4.90 Å². The molecule has 0 aliphatic heterocycles. The lowest BCUT2D eigenvalue weighted by atomic mass is 10.4. The Bertz CT molecular complexity index is 140. The molecular weight excluding hydrogens is 229 g/mol. The van der Waals surface area contributed by atoms with Crippen molar-refractivity contribution >= 4 is 40.9 Å². The average molecular weight is 244 g/mol. The summed E-state index contributed by atoms with van der Waals surface area (Å²) in [5.74, 6) is 1.96. The fraction of sp³-hybridized carbons (Fsp3) is 0.875. The van der Waals surface area contributed by atoms with Crippen molar-refractivity contribution in [1.82, 2.24) is 4.90 Å². The van der Waals surface area contributed by atoms with E-state index in [0.29, 0.717) is 31.3 Å². The summed E-state index contributed by atoms with van der Waals surface area (Å²) in [6.45, 7) is 1.20. The van der Waals surface area contributed by atoms with Crippen LogP contribution in [0.1, 0.15) is 6.42 Å². The summed E-state index contributed by atoms with van der Waals surface area (Å²) in [6.07, 6.45) is 2.57. The Morgan fingerprint density at radius 1 is 1.31 bits per heavy atom. The predicted octanol–water partition coefficient (Wildman–Crippen LogP) is 2.05. The van der Waals surface area contributed by atoms with Crippen molar-refractivity contribution in [3.8, 4) is 0 Å². The molecule has 0 heterocycles. The van der Waals surface area contributed by atoms with E-state index in [2.05, 4.69) is 0 Å². The number of carbonyl (C=O) groups excluding carboxylic acids is 1. The van der Waals surface area contributed by atoms with Crippen molar-refractivity contribution in [3.05, 3.63) is 0 Å². The Morgan fingerprint density at radius 3 is 2.23 bits per heavy atom. The smallest absolute Gasteiger partial charge is 0.223 e. The Balaban J connectivity index is 3.80. The van der Waals surface area contributed by atoms with Crippen molar-refractivity contribution in [1.29, 1.82) is 0 Å². The van der Waals surface area contributed by atoms with Crippen LogP contribution in [0.4, 0.5) is 0 Å². The van der Waals surface area contributed by atoms with Gasteiger partial charge in [0.25, 0.3) is 0 Å². The van der Waals surface area contributed by atoms with Gasteiger partial charge in [-0.3, -0.25) is 4.79 Å². The van der Waals surface area contributed by atoms with Crippen LogP contribution in [0.2, 0.25) is 0 Å². The van der Waals surface area contributed by atoms with E-state index in [1.807, 2.05) is 6.26 Å². The van der Waals surface area contributed by atoms with Gasteiger partial charge in [-0.1, -0.05) is 0 Å². The van der Waals surface area contributed by atoms with Crippen molar-refractivity contribution in [2.45, 2.75) is 6.42 Å². The zero-order valence-electron chi connectivity index (χ0n) is 7.76. The van der Waals surface area contributed by atoms with Gasteiger partial charge in [0.05, 0.1) is 0 Å². The molecule has 5 heteroatoms. The molecule has 1 amide bonds. The summed E-state index contributed by atoms with van der Waals surface area (Å²) in [5, 5.41) is 0. The first-order valence-electron chi connectivity index (χ1n) is 4.15. The molecule has 78 valence electrons. The minimum Gasteiger partial charge on any atom is -0.340 e. The van der Waals surface area contributed by atoms with Gasteiger partial charge >= 0.3 is 0 Å². The Hall–Kier alpha value is 0.400. The third kappa shape index (κ3) is 6.47. The number of halogens is 2. The topological polar surface area (TPSA) is 20.3 Å². The van der Waals surface area contributed by atoms with E-state index in [9.17, 15) is 4.79 Å². The molecule has 0 aromatic carbocycles. The standard InChI is InChI=1S/C8H15Cl2NOS/c1-13-7-2-8(12)11(5-3-9)6-4-10/h2-7H2,1H3. The fourth-order valence-corrected chi connectivity index (χ4v) is 1.70. The maximum absolute atomic E-state index is 11.5. The highest BCUT2D eigenvalue weighted by Crippen LogP contribution is 2.01. The van der Waals surface area contributed by atoms with E-state index in [1.165, 1.54) is 0 Å². The number of nitrogens with zero attached hydrogens (tertiary/aromatic N) is 1. The van der Waals surface area contributed by atoms with Gasteiger partial charge in [0.2, 0.25) is 5.91 Å². The zero-order chi connectivity index (χ0) is 10.1. The van der Waals surface area contributed by atoms with E-state index in [1.54, 1.807) is 16.7 Å². The second-order valence-electron chi connectivity index (χ2n) is 2.50. The van der Waals surface area contributed by atoms with E-state index >= 15 is 0 Å². The van der Waals surface area contributed by atoms with Gasteiger partial charge in [0, 0.05) is 37.0 Å². The summed E-state index contributed by atoms with van der Waals surface area (Å²) in [6, 6.07) is 0. The molecule has 0 saturated carbocycles. The van der Waals surface area contributed by atoms with Crippen molar-refractivity contribution in [2.75, 3.05) is 36.9 Å². The van der Waals surface area contributed by atoms with E-state index < -0.39 is 0 Å². The maximum Gasteiger partial charge on any atom is 0.223 e. The van der Waals surface area contributed by atoms with Crippen LogP contribution in [-0.4, -0.2) is 47.7 Å². The number of rotatable bonds is 7. The van der Waals surface area contributed by atoms with Crippen LogP contribution in [0, 0.1) is 0 Å². The Labute approximate surface area is 93.9 Å². The van der Waals surface area contributed by atoms with Gasteiger partial charge in [-0.25, -0.2) is 0 Å². The van der Waals surface area contributed by atoms with Crippen molar-refractivity contribution < 1.29 is 4.79 Å². The van der Waals surface area contributed by atoms with E-state index in [0.717, 1.165) is 5.75 Å². The minimum atomic E-state index is 0.149. The van der Waals surface area contributed by atoms with Crippen molar-refractivity contribution in [3.63, 3.8) is 0 Å². The number of hydrogen-bond donors (Lipinski definition) is 0. The SMILES string of the molecule is CSCCC(=O)N(CCCl)CCCl. The third-order valence-corrected chi connectivity index (χ3v) is 2.53. The fourth-order valence-electron chi connectivity index (χ4n) is 0.913. The molecular formula is C8H15Cl2NOS. The number of thioether (sulfide) groups is 1. The predicted molar refractivity (Wildman–Crippen MR) is 61.0 cm³/mol. The van der Waals surface area contributed by atoms with Crippen LogP contribution in [0.15, 0.2) is 0 Å². The minimum absolute atomic E-state index is 0.149. The lowest BCUT2D eigenvalue weighted by molar-refractivity contribution is -0.130. The molecule has 0 saturated heterocycles. The molecule has 2 nitrogen and oxygen atoms in total.